The van der Waals surface area contributed by atoms with Gasteiger partial charge in [0, 0.05) is 5.57 Å². The van der Waals surface area contributed by atoms with Gasteiger partial charge in [0.2, 0.25) is 0 Å². The molecule has 2 heteroatoms. The van der Waals surface area contributed by atoms with E-state index in [1.165, 1.54) is 23.3 Å². The molecule has 0 amide bonds. The van der Waals surface area contributed by atoms with Crippen molar-refractivity contribution in [2.24, 2.45) is 0 Å². The van der Waals surface area contributed by atoms with Gasteiger partial charge in [-0.25, -0.2) is 4.79 Å². The second-order valence-corrected chi connectivity index (χ2v) is 5.05. The maximum Gasteiger partial charge on any atom is 0.333 e. The Morgan fingerprint density at radius 2 is 1.67 bits per heavy atom. The van der Waals surface area contributed by atoms with Gasteiger partial charge in [-0.15, -0.1) is 0 Å². The van der Waals surface area contributed by atoms with Crippen molar-refractivity contribution in [3.05, 3.63) is 65.7 Å². The van der Waals surface area contributed by atoms with Crippen molar-refractivity contribution < 1.29 is 9.53 Å². The van der Waals surface area contributed by atoms with E-state index in [0.717, 1.165) is 10.9 Å². The predicted molar refractivity (Wildman–Crippen MR) is 87.1 cm³/mol. The quantitative estimate of drug-likeness (QED) is 0.389. The van der Waals surface area contributed by atoms with E-state index in [0.29, 0.717) is 5.57 Å². The Labute approximate surface area is 123 Å². The first-order valence-corrected chi connectivity index (χ1v) is 6.88. The molecule has 0 fully saturated rings. The van der Waals surface area contributed by atoms with Crippen LogP contribution in [0, 0.1) is 0 Å². The van der Waals surface area contributed by atoms with Crippen LogP contribution in [0.1, 0.15) is 12.5 Å². The minimum absolute atomic E-state index is 0.298. The number of ether oxygens (including phenoxy) is 1. The van der Waals surface area contributed by atoms with Crippen LogP contribution in [0.2, 0.25) is 0 Å². The highest BCUT2D eigenvalue weighted by Gasteiger charge is 2.06. The summed E-state index contributed by atoms with van der Waals surface area (Å²) in [6.45, 7) is 1.77. The average Bonchev–Trinajstić information content (AvgIpc) is 2.54. The summed E-state index contributed by atoms with van der Waals surface area (Å²) in [5.41, 5.74) is 1.62. The van der Waals surface area contributed by atoms with E-state index >= 15 is 0 Å². The third kappa shape index (κ3) is 2.40. The van der Waals surface area contributed by atoms with Crippen molar-refractivity contribution >= 4 is 33.6 Å². The molecule has 0 radical (unpaired) electrons. The van der Waals surface area contributed by atoms with Crippen LogP contribution in [0.5, 0.6) is 0 Å². The molecule has 104 valence electrons. The van der Waals surface area contributed by atoms with Crippen LogP contribution in [-0.2, 0) is 9.53 Å². The number of benzene rings is 3. The van der Waals surface area contributed by atoms with E-state index in [2.05, 4.69) is 30.3 Å². The van der Waals surface area contributed by atoms with Gasteiger partial charge in [0.05, 0.1) is 7.11 Å². The van der Waals surface area contributed by atoms with E-state index in [1.54, 1.807) is 6.92 Å². The predicted octanol–water partition coefficient (Wildman–Crippen LogP) is 4.57. The van der Waals surface area contributed by atoms with Gasteiger partial charge in [-0.3, -0.25) is 0 Å². The van der Waals surface area contributed by atoms with Gasteiger partial charge in [0.1, 0.15) is 0 Å². The summed E-state index contributed by atoms with van der Waals surface area (Å²) in [7, 11) is 1.40. The molecule has 0 aliphatic heterocycles. The zero-order chi connectivity index (χ0) is 14.8. The van der Waals surface area contributed by atoms with E-state index in [4.69, 9.17) is 4.74 Å². The van der Waals surface area contributed by atoms with Crippen LogP contribution in [0.3, 0.4) is 0 Å². The molecule has 0 bridgehead atoms. The summed E-state index contributed by atoms with van der Waals surface area (Å²) in [6, 6.07) is 18.7. The summed E-state index contributed by atoms with van der Waals surface area (Å²) in [5, 5.41) is 4.77. The van der Waals surface area contributed by atoms with Gasteiger partial charge in [0.25, 0.3) is 0 Å². The lowest BCUT2D eigenvalue weighted by Gasteiger charge is -2.07. The summed E-state index contributed by atoms with van der Waals surface area (Å²) < 4.78 is 4.76. The summed E-state index contributed by atoms with van der Waals surface area (Å²) in [5.74, 6) is -0.298. The molecule has 0 unspecified atom stereocenters. The van der Waals surface area contributed by atoms with Crippen molar-refractivity contribution in [2.75, 3.05) is 7.11 Å². The van der Waals surface area contributed by atoms with Crippen molar-refractivity contribution in [2.45, 2.75) is 6.92 Å². The first-order chi connectivity index (χ1) is 10.2. The van der Waals surface area contributed by atoms with E-state index in [-0.39, 0.29) is 5.97 Å². The fraction of sp³-hybridized carbons (Fsp3) is 0.105. The number of carbonyl (C=O) groups is 1. The number of carbonyl (C=O) groups excluding carboxylic acids is 1. The first-order valence-electron chi connectivity index (χ1n) is 6.88. The highest BCUT2D eigenvalue weighted by atomic mass is 16.5. The average molecular weight is 276 g/mol. The fourth-order valence-corrected chi connectivity index (χ4v) is 2.64. The Morgan fingerprint density at radius 1 is 0.905 bits per heavy atom. The highest BCUT2D eigenvalue weighted by molar-refractivity contribution is 6.10. The molecule has 21 heavy (non-hydrogen) atoms. The molecule has 3 aromatic carbocycles. The fourth-order valence-electron chi connectivity index (χ4n) is 2.64. The Balaban J connectivity index is 2.26. The molecular weight excluding hydrogens is 260 g/mol. The normalized spacial score (nSPS) is 11.8. The van der Waals surface area contributed by atoms with Gasteiger partial charge >= 0.3 is 5.97 Å². The van der Waals surface area contributed by atoms with E-state index < -0.39 is 0 Å². The van der Waals surface area contributed by atoms with Crippen LogP contribution in [0.25, 0.3) is 27.6 Å². The number of esters is 1. The van der Waals surface area contributed by atoms with Crippen molar-refractivity contribution in [1.82, 2.24) is 0 Å². The molecule has 0 atom stereocenters. The van der Waals surface area contributed by atoms with Gasteiger partial charge < -0.3 is 4.74 Å². The molecule has 0 aromatic heterocycles. The number of hydrogen-bond donors (Lipinski definition) is 0. The van der Waals surface area contributed by atoms with Crippen LogP contribution in [0.4, 0.5) is 0 Å². The molecule has 0 aliphatic rings. The van der Waals surface area contributed by atoms with Crippen molar-refractivity contribution in [3.8, 4) is 0 Å². The zero-order valence-corrected chi connectivity index (χ0v) is 12.1. The number of hydrogen-bond acceptors (Lipinski definition) is 2. The maximum atomic E-state index is 11.6. The maximum absolute atomic E-state index is 11.6. The summed E-state index contributed by atoms with van der Waals surface area (Å²) in [4.78, 5) is 11.6. The third-order valence-electron chi connectivity index (χ3n) is 3.70. The van der Waals surface area contributed by atoms with Gasteiger partial charge in [0.15, 0.2) is 0 Å². The Kier molecular flexibility index (Phi) is 3.44. The molecule has 0 heterocycles. The molecule has 0 saturated heterocycles. The molecular formula is C19H16O2. The van der Waals surface area contributed by atoms with Crippen LogP contribution >= 0.6 is 0 Å². The number of fused-ring (bicyclic) bond motifs is 3. The SMILES string of the molecule is COC(=O)C(C)=Cc1cccc2c1ccc1ccccc12. The van der Waals surface area contributed by atoms with Gasteiger partial charge in [-0.05, 0) is 40.1 Å². The van der Waals surface area contributed by atoms with E-state index in [1.807, 2.05) is 30.3 Å². The molecule has 0 aliphatic carbocycles. The second kappa shape index (κ2) is 5.41. The summed E-state index contributed by atoms with van der Waals surface area (Å²) >= 11 is 0. The molecule has 3 aromatic rings. The largest absolute Gasteiger partial charge is 0.466 e. The van der Waals surface area contributed by atoms with Crippen LogP contribution in [0.15, 0.2) is 60.2 Å². The Hall–Kier alpha value is -2.61. The lowest BCUT2D eigenvalue weighted by molar-refractivity contribution is -0.135. The van der Waals surface area contributed by atoms with Crippen LogP contribution in [-0.4, -0.2) is 13.1 Å². The monoisotopic (exact) mass is 276 g/mol. The molecule has 0 N–H and O–H groups in total. The van der Waals surface area contributed by atoms with Crippen molar-refractivity contribution in [1.29, 1.82) is 0 Å². The topological polar surface area (TPSA) is 26.3 Å². The molecule has 3 rings (SSSR count). The minimum atomic E-state index is -0.298. The van der Waals surface area contributed by atoms with Gasteiger partial charge in [-0.2, -0.15) is 0 Å². The van der Waals surface area contributed by atoms with Crippen molar-refractivity contribution in [3.63, 3.8) is 0 Å². The lowest BCUT2D eigenvalue weighted by Crippen LogP contribution is -2.01. The van der Waals surface area contributed by atoms with Gasteiger partial charge in [-0.1, -0.05) is 54.6 Å². The Bertz CT molecular complexity index is 860. The number of methoxy groups -OCH3 is 1. The first kappa shape index (κ1) is 13.4. The van der Waals surface area contributed by atoms with E-state index in [9.17, 15) is 4.79 Å². The zero-order valence-electron chi connectivity index (χ0n) is 12.1. The minimum Gasteiger partial charge on any atom is -0.466 e. The highest BCUT2D eigenvalue weighted by Crippen LogP contribution is 2.28. The lowest BCUT2D eigenvalue weighted by atomic mass is 9.97. The Morgan fingerprint density at radius 3 is 2.48 bits per heavy atom. The smallest absolute Gasteiger partial charge is 0.333 e. The standard InChI is InChI=1S/C19H16O2/c1-13(19(20)21-2)12-15-7-5-9-18-16-8-4-3-6-14(16)10-11-17(15)18/h3-12H,1-2H3. The molecule has 0 spiro atoms. The number of rotatable bonds is 2. The third-order valence-corrected chi connectivity index (χ3v) is 3.70. The second-order valence-electron chi connectivity index (χ2n) is 5.05. The molecule has 0 saturated carbocycles. The summed E-state index contributed by atoms with van der Waals surface area (Å²) in [6.07, 6.45) is 1.88. The molecule has 2 nitrogen and oxygen atoms in total. The van der Waals surface area contributed by atoms with Crippen LogP contribution < -0.4 is 0 Å².